The van der Waals surface area contributed by atoms with Crippen molar-refractivity contribution >= 4 is 17.4 Å². The lowest BCUT2D eigenvalue weighted by molar-refractivity contribution is 0.0538. The second-order valence-electron chi connectivity index (χ2n) is 6.38. The highest BCUT2D eigenvalue weighted by Gasteiger charge is 2.33. The average Bonchev–Trinajstić information content (AvgIpc) is 2.51. The standard InChI is InChI=1S/C17H26ClN3/c1-2-19-17-10-9-14(18)15(20-17)12-21-11-5-7-13-6-3-4-8-16(13)21/h9-10,13,16H,2-8,11-12H2,1H3,(H,19,20). The largest absolute Gasteiger partial charge is 0.370 e. The summed E-state index contributed by atoms with van der Waals surface area (Å²) < 4.78 is 0. The van der Waals surface area contributed by atoms with Gasteiger partial charge < -0.3 is 5.32 Å². The van der Waals surface area contributed by atoms with E-state index >= 15 is 0 Å². The first kappa shape index (κ1) is 15.1. The molecule has 0 aromatic carbocycles. The zero-order valence-corrected chi connectivity index (χ0v) is 13.7. The van der Waals surface area contributed by atoms with Crippen molar-refractivity contribution in [2.75, 3.05) is 18.4 Å². The molecule has 1 aliphatic carbocycles. The van der Waals surface area contributed by atoms with Gasteiger partial charge in [0.05, 0.1) is 10.7 Å². The van der Waals surface area contributed by atoms with Gasteiger partial charge in [-0.25, -0.2) is 4.98 Å². The third-order valence-electron chi connectivity index (χ3n) is 4.99. The molecule has 1 aliphatic heterocycles. The van der Waals surface area contributed by atoms with Crippen LogP contribution in [0, 0.1) is 5.92 Å². The van der Waals surface area contributed by atoms with Crippen LogP contribution in [-0.4, -0.2) is 29.0 Å². The molecule has 0 spiro atoms. The number of nitrogens with zero attached hydrogens (tertiary/aromatic N) is 2. The number of piperidine rings is 1. The van der Waals surface area contributed by atoms with E-state index in [1.807, 2.05) is 12.1 Å². The van der Waals surface area contributed by atoms with Gasteiger partial charge in [-0.15, -0.1) is 0 Å². The number of hydrogen-bond acceptors (Lipinski definition) is 3. The van der Waals surface area contributed by atoms with Crippen LogP contribution in [-0.2, 0) is 6.54 Å². The summed E-state index contributed by atoms with van der Waals surface area (Å²) in [7, 11) is 0. The lowest BCUT2D eigenvalue weighted by Gasteiger charge is -2.44. The fourth-order valence-corrected chi connectivity index (χ4v) is 4.16. The summed E-state index contributed by atoms with van der Waals surface area (Å²) in [4.78, 5) is 7.35. The zero-order valence-electron chi connectivity index (χ0n) is 12.9. The highest BCUT2D eigenvalue weighted by Crippen LogP contribution is 2.36. The number of fused-ring (bicyclic) bond motifs is 1. The molecule has 2 atom stereocenters. The van der Waals surface area contributed by atoms with Crippen molar-refractivity contribution in [1.82, 2.24) is 9.88 Å². The maximum absolute atomic E-state index is 6.37. The van der Waals surface area contributed by atoms with Gasteiger partial charge in [0.25, 0.3) is 0 Å². The van der Waals surface area contributed by atoms with Crippen molar-refractivity contribution in [2.45, 2.75) is 58.0 Å². The Morgan fingerprint density at radius 3 is 2.90 bits per heavy atom. The van der Waals surface area contributed by atoms with Crippen LogP contribution in [0.25, 0.3) is 0 Å². The van der Waals surface area contributed by atoms with Crippen LogP contribution in [0.4, 0.5) is 5.82 Å². The highest BCUT2D eigenvalue weighted by molar-refractivity contribution is 6.31. The van der Waals surface area contributed by atoms with Crippen LogP contribution in [0.3, 0.4) is 0 Å². The first-order valence-corrected chi connectivity index (χ1v) is 8.79. The second kappa shape index (κ2) is 6.97. The summed E-state index contributed by atoms with van der Waals surface area (Å²) in [6, 6.07) is 4.70. The van der Waals surface area contributed by atoms with Crippen molar-refractivity contribution in [3.8, 4) is 0 Å². The minimum Gasteiger partial charge on any atom is -0.370 e. The van der Waals surface area contributed by atoms with Crippen LogP contribution in [0.15, 0.2) is 12.1 Å². The lowest BCUT2D eigenvalue weighted by atomic mass is 9.78. The van der Waals surface area contributed by atoms with Gasteiger partial charge in [0, 0.05) is 19.1 Å². The molecule has 2 aliphatic rings. The molecule has 21 heavy (non-hydrogen) atoms. The molecular formula is C17H26ClN3. The maximum atomic E-state index is 6.37. The lowest BCUT2D eigenvalue weighted by Crippen LogP contribution is -2.46. The van der Waals surface area contributed by atoms with Crippen molar-refractivity contribution in [3.63, 3.8) is 0 Å². The first-order chi connectivity index (χ1) is 10.3. The number of nitrogens with one attached hydrogen (secondary N) is 1. The number of halogens is 1. The summed E-state index contributed by atoms with van der Waals surface area (Å²) in [6.45, 7) is 5.08. The molecule has 2 fully saturated rings. The van der Waals surface area contributed by atoms with Gasteiger partial charge in [-0.3, -0.25) is 4.90 Å². The predicted molar refractivity (Wildman–Crippen MR) is 88.8 cm³/mol. The number of pyridine rings is 1. The Kier molecular flexibility index (Phi) is 5.02. The topological polar surface area (TPSA) is 28.2 Å². The van der Waals surface area contributed by atoms with E-state index in [2.05, 4.69) is 17.1 Å². The molecule has 3 rings (SSSR count). The summed E-state index contributed by atoms with van der Waals surface area (Å²) in [5.41, 5.74) is 1.03. The monoisotopic (exact) mass is 307 g/mol. The van der Waals surface area contributed by atoms with Gasteiger partial charge in [0.2, 0.25) is 0 Å². The maximum Gasteiger partial charge on any atom is 0.126 e. The average molecular weight is 308 g/mol. The summed E-state index contributed by atoms with van der Waals surface area (Å²) >= 11 is 6.37. The van der Waals surface area contributed by atoms with E-state index in [0.717, 1.165) is 41.6 Å². The minimum absolute atomic E-state index is 0.758. The van der Waals surface area contributed by atoms with E-state index in [9.17, 15) is 0 Å². The Balaban J connectivity index is 1.74. The van der Waals surface area contributed by atoms with Crippen molar-refractivity contribution in [1.29, 1.82) is 0 Å². The Morgan fingerprint density at radius 1 is 1.24 bits per heavy atom. The molecule has 1 saturated carbocycles. The molecule has 2 unspecified atom stereocenters. The number of rotatable bonds is 4. The van der Waals surface area contributed by atoms with Crippen LogP contribution in [0.1, 0.15) is 51.1 Å². The van der Waals surface area contributed by atoms with E-state index in [0.29, 0.717) is 0 Å². The van der Waals surface area contributed by atoms with Gasteiger partial charge in [-0.2, -0.15) is 0 Å². The van der Waals surface area contributed by atoms with Crippen molar-refractivity contribution < 1.29 is 0 Å². The third kappa shape index (κ3) is 3.51. The Bertz CT molecular complexity index is 475. The molecule has 116 valence electrons. The Morgan fingerprint density at radius 2 is 2.05 bits per heavy atom. The second-order valence-corrected chi connectivity index (χ2v) is 6.79. The fraction of sp³-hybridized carbons (Fsp3) is 0.706. The molecule has 1 aromatic rings. The molecular weight excluding hydrogens is 282 g/mol. The molecule has 0 radical (unpaired) electrons. The van der Waals surface area contributed by atoms with E-state index in [4.69, 9.17) is 16.6 Å². The Hall–Kier alpha value is -0.800. The molecule has 1 saturated heterocycles. The van der Waals surface area contributed by atoms with Crippen LogP contribution < -0.4 is 5.32 Å². The minimum atomic E-state index is 0.758. The van der Waals surface area contributed by atoms with E-state index in [-0.39, 0.29) is 0 Å². The van der Waals surface area contributed by atoms with Crippen molar-refractivity contribution in [3.05, 3.63) is 22.8 Å². The molecule has 4 heteroatoms. The smallest absolute Gasteiger partial charge is 0.126 e. The highest BCUT2D eigenvalue weighted by atomic mass is 35.5. The van der Waals surface area contributed by atoms with Crippen molar-refractivity contribution in [2.24, 2.45) is 5.92 Å². The number of likely N-dealkylation sites (tertiary alicyclic amines) is 1. The summed E-state index contributed by atoms with van der Waals surface area (Å²) in [5.74, 6) is 1.84. The molecule has 0 amide bonds. The van der Waals surface area contributed by atoms with E-state index in [1.165, 1.54) is 45.1 Å². The number of anilines is 1. The fourth-order valence-electron chi connectivity index (χ4n) is 3.99. The van der Waals surface area contributed by atoms with Gasteiger partial charge in [-0.1, -0.05) is 24.4 Å². The van der Waals surface area contributed by atoms with Crippen LogP contribution >= 0.6 is 11.6 Å². The van der Waals surface area contributed by atoms with E-state index in [1.54, 1.807) is 0 Å². The SMILES string of the molecule is CCNc1ccc(Cl)c(CN2CCCC3CCCCC32)n1. The van der Waals surface area contributed by atoms with E-state index < -0.39 is 0 Å². The Labute approximate surface area is 133 Å². The first-order valence-electron chi connectivity index (χ1n) is 8.41. The molecule has 1 aromatic heterocycles. The van der Waals surface area contributed by atoms with Crippen LogP contribution in [0.2, 0.25) is 5.02 Å². The molecule has 1 N–H and O–H groups in total. The van der Waals surface area contributed by atoms with Gasteiger partial charge in [0.1, 0.15) is 5.82 Å². The summed E-state index contributed by atoms with van der Waals surface area (Å²) in [6.07, 6.45) is 8.32. The molecule has 2 heterocycles. The quantitative estimate of drug-likeness (QED) is 0.898. The normalized spacial score (nSPS) is 26.4. The van der Waals surface area contributed by atoms with Gasteiger partial charge in [0.15, 0.2) is 0 Å². The predicted octanol–water partition coefficient (Wildman–Crippen LogP) is 4.32. The van der Waals surface area contributed by atoms with Gasteiger partial charge in [-0.05, 0) is 57.2 Å². The number of aromatic nitrogens is 1. The van der Waals surface area contributed by atoms with Crippen LogP contribution in [0.5, 0.6) is 0 Å². The molecule has 0 bridgehead atoms. The molecule has 3 nitrogen and oxygen atoms in total. The third-order valence-corrected chi connectivity index (χ3v) is 5.33. The van der Waals surface area contributed by atoms with Gasteiger partial charge >= 0.3 is 0 Å². The number of hydrogen-bond donors (Lipinski definition) is 1. The summed E-state index contributed by atoms with van der Waals surface area (Å²) in [5, 5.41) is 4.08. The zero-order chi connectivity index (χ0) is 14.7.